The normalized spacial score (nSPS) is 10.9. The van der Waals surface area contributed by atoms with Crippen LogP contribution in [0, 0.1) is 0 Å². The second kappa shape index (κ2) is 7.13. The molecule has 0 unspecified atom stereocenters. The molecular weight excluding hydrogens is 246 g/mol. The summed E-state index contributed by atoms with van der Waals surface area (Å²) in [5.74, 6) is 1.98. The summed E-state index contributed by atoms with van der Waals surface area (Å²) in [6.45, 7) is 5.20. The SMILES string of the molecule is CCCCc1nc(CCC)n(Cc2ccccc2)c1N. The quantitative estimate of drug-likeness (QED) is 0.832. The van der Waals surface area contributed by atoms with Crippen LogP contribution >= 0.6 is 0 Å². The van der Waals surface area contributed by atoms with Crippen LogP contribution in [0.3, 0.4) is 0 Å². The summed E-state index contributed by atoms with van der Waals surface area (Å²) < 4.78 is 2.18. The van der Waals surface area contributed by atoms with E-state index in [1.165, 1.54) is 12.0 Å². The number of nitrogen functional groups attached to an aromatic ring is 1. The molecule has 0 saturated carbocycles. The first-order chi connectivity index (χ1) is 9.76. The molecule has 0 spiro atoms. The lowest BCUT2D eigenvalue weighted by molar-refractivity contribution is 0.711. The summed E-state index contributed by atoms with van der Waals surface area (Å²) >= 11 is 0. The van der Waals surface area contributed by atoms with Crippen LogP contribution in [0.2, 0.25) is 0 Å². The van der Waals surface area contributed by atoms with Crippen molar-refractivity contribution in [1.82, 2.24) is 9.55 Å². The smallest absolute Gasteiger partial charge is 0.127 e. The molecule has 3 heteroatoms. The molecule has 20 heavy (non-hydrogen) atoms. The highest BCUT2D eigenvalue weighted by Gasteiger charge is 2.13. The Hall–Kier alpha value is -1.77. The van der Waals surface area contributed by atoms with Crippen molar-refractivity contribution in [2.75, 3.05) is 5.73 Å². The zero-order valence-corrected chi connectivity index (χ0v) is 12.6. The summed E-state index contributed by atoms with van der Waals surface area (Å²) in [5, 5.41) is 0. The number of hydrogen-bond acceptors (Lipinski definition) is 2. The fraction of sp³-hybridized carbons (Fsp3) is 0.471. The topological polar surface area (TPSA) is 43.8 Å². The molecule has 0 fully saturated rings. The first kappa shape index (κ1) is 14.6. The number of rotatable bonds is 7. The van der Waals surface area contributed by atoms with Crippen molar-refractivity contribution in [1.29, 1.82) is 0 Å². The Kier molecular flexibility index (Phi) is 5.22. The van der Waals surface area contributed by atoms with Gasteiger partial charge in [-0.2, -0.15) is 0 Å². The molecule has 0 radical (unpaired) electrons. The fourth-order valence-corrected chi connectivity index (χ4v) is 2.45. The summed E-state index contributed by atoms with van der Waals surface area (Å²) in [7, 11) is 0. The number of unbranched alkanes of at least 4 members (excludes halogenated alkanes) is 1. The Balaban J connectivity index is 2.26. The molecule has 0 aliphatic rings. The number of aryl methyl sites for hydroxylation is 2. The maximum Gasteiger partial charge on any atom is 0.127 e. The lowest BCUT2D eigenvalue weighted by Crippen LogP contribution is -2.08. The van der Waals surface area contributed by atoms with Gasteiger partial charge in [0, 0.05) is 6.42 Å². The van der Waals surface area contributed by atoms with Crippen molar-refractivity contribution in [3.63, 3.8) is 0 Å². The van der Waals surface area contributed by atoms with Crippen molar-refractivity contribution in [3.05, 3.63) is 47.4 Å². The van der Waals surface area contributed by atoms with E-state index in [4.69, 9.17) is 10.7 Å². The van der Waals surface area contributed by atoms with E-state index < -0.39 is 0 Å². The van der Waals surface area contributed by atoms with Crippen molar-refractivity contribution in [2.24, 2.45) is 0 Å². The predicted octanol–water partition coefficient (Wildman–Crippen LogP) is 3.81. The van der Waals surface area contributed by atoms with Gasteiger partial charge in [0.25, 0.3) is 0 Å². The predicted molar refractivity (Wildman–Crippen MR) is 84.8 cm³/mol. The van der Waals surface area contributed by atoms with E-state index in [0.29, 0.717) is 0 Å². The highest BCUT2D eigenvalue weighted by atomic mass is 15.1. The summed E-state index contributed by atoms with van der Waals surface area (Å²) in [6.07, 6.45) is 5.40. The van der Waals surface area contributed by atoms with Gasteiger partial charge in [-0.3, -0.25) is 0 Å². The minimum Gasteiger partial charge on any atom is -0.384 e. The highest BCUT2D eigenvalue weighted by molar-refractivity contribution is 5.39. The van der Waals surface area contributed by atoms with Gasteiger partial charge in [0.1, 0.15) is 11.6 Å². The lowest BCUT2D eigenvalue weighted by Gasteiger charge is -2.09. The molecule has 3 nitrogen and oxygen atoms in total. The van der Waals surface area contributed by atoms with Gasteiger partial charge in [0.05, 0.1) is 12.2 Å². The van der Waals surface area contributed by atoms with Crippen LogP contribution in [0.15, 0.2) is 30.3 Å². The van der Waals surface area contributed by atoms with Gasteiger partial charge >= 0.3 is 0 Å². The molecule has 1 aromatic carbocycles. The van der Waals surface area contributed by atoms with E-state index >= 15 is 0 Å². The van der Waals surface area contributed by atoms with Crippen LogP contribution in [0.25, 0.3) is 0 Å². The molecule has 0 saturated heterocycles. The van der Waals surface area contributed by atoms with E-state index in [2.05, 4.69) is 42.7 Å². The van der Waals surface area contributed by atoms with Crippen molar-refractivity contribution in [2.45, 2.75) is 52.5 Å². The molecule has 0 bridgehead atoms. The van der Waals surface area contributed by atoms with Gasteiger partial charge in [-0.05, 0) is 24.8 Å². The minimum absolute atomic E-state index is 0.821. The Morgan fingerprint density at radius 3 is 2.45 bits per heavy atom. The van der Waals surface area contributed by atoms with E-state index in [1.807, 2.05) is 6.07 Å². The largest absolute Gasteiger partial charge is 0.384 e. The Bertz CT molecular complexity index is 529. The van der Waals surface area contributed by atoms with Crippen molar-refractivity contribution >= 4 is 5.82 Å². The van der Waals surface area contributed by atoms with E-state index in [0.717, 1.165) is 49.6 Å². The van der Waals surface area contributed by atoms with Crippen LogP contribution in [0.5, 0.6) is 0 Å². The summed E-state index contributed by atoms with van der Waals surface area (Å²) in [6, 6.07) is 10.5. The van der Waals surface area contributed by atoms with E-state index in [-0.39, 0.29) is 0 Å². The van der Waals surface area contributed by atoms with Gasteiger partial charge in [0.15, 0.2) is 0 Å². The number of nitrogens with two attached hydrogens (primary N) is 1. The lowest BCUT2D eigenvalue weighted by atomic mass is 10.2. The second-order valence-electron chi connectivity index (χ2n) is 5.29. The third-order valence-corrected chi connectivity index (χ3v) is 3.59. The first-order valence-corrected chi connectivity index (χ1v) is 7.63. The average molecular weight is 271 g/mol. The molecule has 2 aromatic rings. The van der Waals surface area contributed by atoms with Gasteiger partial charge in [-0.1, -0.05) is 50.6 Å². The minimum atomic E-state index is 0.821. The Morgan fingerprint density at radius 1 is 1.05 bits per heavy atom. The maximum absolute atomic E-state index is 6.32. The van der Waals surface area contributed by atoms with Crippen LogP contribution in [0.4, 0.5) is 5.82 Å². The number of hydrogen-bond donors (Lipinski definition) is 1. The standard InChI is InChI=1S/C17H25N3/c1-3-5-12-15-17(18)20(16(19-15)9-4-2)13-14-10-7-6-8-11-14/h6-8,10-11H,3-5,9,12-13,18H2,1-2H3. The molecule has 0 aliphatic carbocycles. The molecule has 108 valence electrons. The zero-order chi connectivity index (χ0) is 14.4. The zero-order valence-electron chi connectivity index (χ0n) is 12.6. The Labute approximate surface area is 121 Å². The molecule has 0 aliphatic heterocycles. The van der Waals surface area contributed by atoms with E-state index in [1.54, 1.807) is 0 Å². The summed E-state index contributed by atoms with van der Waals surface area (Å²) in [4.78, 5) is 4.77. The molecule has 2 N–H and O–H groups in total. The molecule has 1 heterocycles. The monoisotopic (exact) mass is 271 g/mol. The highest BCUT2D eigenvalue weighted by Crippen LogP contribution is 2.20. The third-order valence-electron chi connectivity index (χ3n) is 3.59. The van der Waals surface area contributed by atoms with Crippen LogP contribution in [-0.4, -0.2) is 9.55 Å². The molecule has 0 atom stereocenters. The van der Waals surface area contributed by atoms with Gasteiger partial charge in [-0.25, -0.2) is 4.98 Å². The average Bonchev–Trinajstić information content (AvgIpc) is 2.75. The number of anilines is 1. The van der Waals surface area contributed by atoms with Gasteiger partial charge < -0.3 is 10.3 Å². The molecule has 1 aromatic heterocycles. The van der Waals surface area contributed by atoms with Crippen LogP contribution in [-0.2, 0) is 19.4 Å². The summed E-state index contributed by atoms with van der Waals surface area (Å²) in [5.41, 5.74) is 8.67. The van der Waals surface area contributed by atoms with Crippen molar-refractivity contribution < 1.29 is 0 Å². The van der Waals surface area contributed by atoms with Crippen molar-refractivity contribution in [3.8, 4) is 0 Å². The maximum atomic E-state index is 6.32. The number of benzene rings is 1. The van der Waals surface area contributed by atoms with E-state index in [9.17, 15) is 0 Å². The number of aromatic nitrogens is 2. The van der Waals surface area contributed by atoms with Crippen LogP contribution in [0.1, 0.15) is 50.2 Å². The van der Waals surface area contributed by atoms with Gasteiger partial charge in [0.2, 0.25) is 0 Å². The van der Waals surface area contributed by atoms with Crippen LogP contribution < -0.4 is 5.73 Å². The fourth-order valence-electron chi connectivity index (χ4n) is 2.45. The number of imidazole rings is 1. The molecular formula is C17H25N3. The third kappa shape index (κ3) is 3.41. The number of nitrogens with zero attached hydrogens (tertiary/aromatic N) is 2. The molecule has 0 amide bonds. The van der Waals surface area contributed by atoms with Gasteiger partial charge in [-0.15, -0.1) is 0 Å². The Morgan fingerprint density at radius 2 is 1.80 bits per heavy atom. The second-order valence-corrected chi connectivity index (χ2v) is 5.29. The first-order valence-electron chi connectivity index (χ1n) is 7.63. The molecule has 2 rings (SSSR count).